The first-order valence-electron chi connectivity index (χ1n) is 5.87. The quantitative estimate of drug-likeness (QED) is 0.575. The smallest absolute Gasteiger partial charge is 0.330 e. The average molecular weight is 223 g/mol. The standard InChI is InChI=1S/C13H21NO2/c1-4-10(2)8-12(9-13(15)16)14-7-5-6-11(14)3/h4,9-11H,1,5-8H2,2-3H3,(H,15,16)/t10-,11+/m1/s1. The van der Waals surface area contributed by atoms with E-state index in [1.807, 2.05) is 6.08 Å². The molecule has 1 saturated heterocycles. The van der Waals surface area contributed by atoms with E-state index in [0.717, 1.165) is 31.5 Å². The van der Waals surface area contributed by atoms with Gasteiger partial charge >= 0.3 is 5.97 Å². The van der Waals surface area contributed by atoms with Crippen LogP contribution in [0.5, 0.6) is 0 Å². The van der Waals surface area contributed by atoms with Crippen LogP contribution in [0.3, 0.4) is 0 Å². The van der Waals surface area contributed by atoms with Crippen LogP contribution in [0.25, 0.3) is 0 Å². The van der Waals surface area contributed by atoms with Crippen LogP contribution >= 0.6 is 0 Å². The highest BCUT2D eigenvalue weighted by molar-refractivity contribution is 5.80. The molecule has 3 nitrogen and oxygen atoms in total. The van der Waals surface area contributed by atoms with Gasteiger partial charge in [0.15, 0.2) is 0 Å². The van der Waals surface area contributed by atoms with Crippen molar-refractivity contribution >= 4 is 5.97 Å². The summed E-state index contributed by atoms with van der Waals surface area (Å²) in [6.07, 6.45) is 6.29. The maximum Gasteiger partial charge on any atom is 0.330 e. The van der Waals surface area contributed by atoms with Gasteiger partial charge in [0.05, 0.1) is 0 Å². The van der Waals surface area contributed by atoms with Crippen LogP contribution in [0.4, 0.5) is 0 Å². The number of allylic oxidation sites excluding steroid dienone is 2. The zero-order valence-corrected chi connectivity index (χ0v) is 10.1. The molecular formula is C13H21NO2. The van der Waals surface area contributed by atoms with Crippen molar-refractivity contribution in [1.82, 2.24) is 4.90 Å². The molecule has 0 saturated carbocycles. The largest absolute Gasteiger partial charge is 0.478 e. The lowest BCUT2D eigenvalue weighted by Gasteiger charge is -2.27. The minimum Gasteiger partial charge on any atom is -0.478 e. The Morgan fingerprint density at radius 3 is 2.81 bits per heavy atom. The maximum atomic E-state index is 10.8. The third kappa shape index (κ3) is 3.40. The van der Waals surface area contributed by atoms with Gasteiger partial charge in [-0.15, -0.1) is 6.58 Å². The van der Waals surface area contributed by atoms with Crippen molar-refractivity contribution in [3.05, 3.63) is 24.4 Å². The summed E-state index contributed by atoms with van der Waals surface area (Å²) in [4.78, 5) is 13.0. The molecular weight excluding hydrogens is 202 g/mol. The van der Waals surface area contributed by atoms with E-state index in [-0.39, 0.29) is 0 Å². The van der Waals surface area contributed by atoms with Gasteiger partial charge in [-0.25, -0.2) is 4.79 Å². The molecule has 1 aliphatic heterocycles. The predicted octanol–water partition coefficient (Wildman–Crippen LogP) is 2.65. The molecule has 0 aromatic carbocycles. The zero-order chi connectivity index (χ0) is 12.1. The molecule has 1 N–H and O–H groups in total. The second-order valence-electron chi connectivity index (χ2n) is 4.58. The Kier molecular flexibility index (Phi) is 4.59. The van der Waals surface area contributed by atoms with Crippen molar-refractivity contribution in [1.29, 1.82) is 0 Å². The van der Waals surface area contributed by atoms with Gasteiger partial charge in [-0.2, -0.15) is 0 Å². The van der Waals surface area contributed by atoms with Crippen LogP contribution < -0.4 is 0 Å². The number of rotatable bonds is 5. The van der Waals surface area contributed by atoms with Crippen LogP contribution in [0.1, 0.15) is 33.1 Å². The van der Waals surface area contributed by atoms with Crippen molar-refractivity contribution in [2.24, 2.45) is 5.92 Å². The lowest BCUT2D eigenvalue weighted by molar-refractivity contribution is -0.131. The van der Waals surface area contributed by atoms with Crippen molar-refractivity contribution in [2.75, 3.05) is 6.54 Å². The van der Waals surface area contributed by atoms with Crippen LogP contribution in [-0.2, 0) is 4.79 Å². The first-order chi connectivity index (χ1) is 7.54. The molecule has 16 heavy (non-hydrogen) atoms. The molecule has 0 radical (unpaired) electrons. The molecule has 90 valence electrons. The number of nitrogens with zero attached hydrogens (tertiary/aromatic N) is 1. The lowest BCUT2D eigenvalue weighted by Crippen LogP contribution is -2.27. The van der Waals surface area contributed by atoms with Gasteiger partial charge in [-0.1, -0.05) is 13.0 Å². The number of carboxylic acids is 1. The van der Waals surface area contributed by atoms with E-state index in [4.69, 9.17) is 5.11 Å². The molecule has 0 aromatic heterocycles. The van der Waals surface area contributed by atoms with Crippen molar-refractivity contribution in [3.8, 4) is 0 Å². The number of hydrogen-bond acceptors (Lipinski definition) is 2. The SMILES string of the molecule is C=C[C@@H](C)CC(=CC(=O)O)N1CCC[C@@H]1C. The molecule has 0 spiro atoms. The van der Waals surface area contributed by atoms with Gasteiger partial charge in [0.2, 0.25) is 0 Å². The number of likely N-dealkylation sites (tertiary alicyclic amines) is 1. The van der Waals surface area contributed by atoms with Gasteiger partial charge in [0.25, 0.3) is 0 Å². The van der Waals surface area contributed by atoms with Crippen molar-refractivity contribution in [2.45, 2.75) is 39.2 Å². The molecule has 0 amide bonds. The van der Waals surface area contributed by atoms with Crippen LogP contribution in [0.15, 0.2) is 24.4 Å². The highest BCUT2D eigenvalue weighted by Gasteiger charge is 2.23. The third-order valence-electron chi connectivity index (χ3n) is 3.15. The van der Waals surface area contributed by atoms with Crippen molar-refractivity contribution in [3.63, 3.8) is 0 Å². The molecule has 0 bridgehead atoms. The second kappa shape index (κ2) is 5.73. The van der Waals surface area contributed by atoms with E-state index in [2.05, 4.69) is 25.3 Å². The normalized spacial score (nSPS) is 23.2. The maximum absolute atomic E-state index is 10.8. The summed E-state index contributed by atoms with van der Waals surface area (Å²) >= 11 is 0. The number of hydrogen-bond donors (Lipinski definition) is 1. The molecule has 1 fully saturated rings. The average Bonchev–Trinajstić information content (AvgIpc) is 2.62. The Morgan fingerprint density at radius 1 is 1.69 bits per heavy atom. The Morgan fingerprint density at radius 2 is 2.38 bits per heavy atom. The summed E-state index contributed by atoms with van der Waals surface area (Å²) in [6, 6.07) is 0.461. The van der Waals surface area contributed by atoms with E-state index in [0.29, 0.717) is 12.0 Å². The van der Waals surface area contributed by atoms with Gasteiger partial charge in [0.1, 0.15) is 0 Å². The first kappa shape index (κ1) is 12.8. The Labute approximate surface area is 97.4 Å². The minimum atomic E-state index is -0.856. The lowest BCUT2D eigenvalue weighted by atomic mass is 10.0. The molecule has 3 heteroatoms. The fraction of sp³-hybridized carbons (Fsp3) is 0.615. The van der Waals surface area contributed by atoms with E-state index in [1.165, 1.54) is 6.08 Å². The topological polar surface area (TPSA) is 40.5 Å². The van der Waals surface area contributed by atoms with E-state index in [9.17, 15) is 4.79 Å². The van der Waals surface area contributed by atoms with Crippen LogP contribution in [0, 0.1) is 5.92 Å². The monoisotopic (exact) mass is 223 g/mol. The van der Waals surface area contributed by atoms with Crippen LogP contribution in [0.2, 0.25) is 0 Å². The zero-order valence-electron chi connectivity index (χ0n) is 10.1. The van der Waals surface area contributed by atoms with Gasteiger partial charge in [-0.05, 0) is 32.1 Å². The Bertz CT molecular complexity index is 296. The van der Waals surface area contributed by atoms with Crippen LogP contribution in [-0.4, -0.2) is 28.6 Å². The fourth-order valence-electron chi connectivity index (χ4n) is 2.17. The van der Waals surface area contributed by atoms with Gasteiger partial charge < -0.3 is 10.0 Å². The summed E-state index contributed by atoms with van der Waals surface area (Å²) in [5.74, 6) is -0.538. The predicted molar refractivity (Wildman–Crippen MR) is 65.1 cm³/mol. The molecule has 0 aliphatic carbocycles. The molecule has 1 rings (SSSR count). The van der Waals surface area contributed by atoms with E-state index < -0.39 is 5.97 Å². The first-order valence-corrected chi connectivity index (χ1v) is 5.87. The molecule has 0 unspecified atom stereocenters. The summed E-state index contributed by atoms with van der Waals surface area (Å²) in [5, 5.41) is 8.89. The second-order valence-corrected chi connectivity index (χ2v) is 4.58. The number of carbonyl (C=O) groups is 1. The number of aliphatic carboxylic acids is 1. The van der Waals surface area contributed by atoms with Crippen molar-refractivity contribution < 1.29 is 9.90 Å². The summed E-state index contributed by atoms with van der Waals surface area (Å²) in [6.45, 7) is 8.93. The molecule has 1 aliphatic rings. The molecule has 1 heterocycles. The molecule has 0 aromatic rings. The van der Waals surface area contributed by atoms with Gasteiger partial charge in [0, 0.05) is 24.4 Å². The third-order valence-corrected chi connectivity index (χ3v) is 3.15. The van der Waals surface area contributed by atoms with E-state index in [1.54, 1.807) is 0 Å². The fourth-order valence-corrected chi connectivity index (χ4v) is 2.17. The summed E-state index contributed by atoms with van der Waals surface area (Å²) in [7, 11) is 0. The Hall–Kier alpha value is -1.25. The highest BCUT2D eigenvalue weighted by atomic mass is 16.4. The minimum absolute atomic E-state index is 0.318. The number of carboxylic acid groups (broad SMARTS) is 1. The Balaban J connectivity index is 2.78. The van der Waals surface area contributed by atoms with E-state index >= 15 is 0 Å². The summed E-state index contributed by atoms with van der Waals surface area (Å²) in [5.41, 5.74) is 0.935. The molecule has 2 atom stereocenters. The highest BCUT2D eigenvalue weighted by Crippen LogP contribution is 2.26. The van der Waals surface area contributed by atoms with Gasteiger partial charge in [-0.3, -0.25) is 0 Å². The summed E-state index contributed by atoms with van der Waals surface area (Å²) < 4.78 is 0.